The van der Waals surface area contributed by atoms with Crippen molar-refractivity contribution in [2.75, 3.05) is 32.6 Å². The first-order valence-corrected chi connectivity index (χ1v) is 23.5. The van der Waals surface area contributed by atoms with E-state index in [1.165, 1.54) is 20.3 Å². The van der Waals surface area contributed by atoms with Gasteiger partial charge in [-0.2, -0.15) is 0 Å². The third-order valence-electron chi connectivity index (χ3n) is 11.7. The maximum Gasteiger partial charge on any atom is 0.407 e. The zero-order valence-corrected chi connectivity index (χ0v) is 38.3. The number of fused-ring (bicyclic) bond motifs is 1. The van der Waals surface area contributed by atoms with E-state index in [0.29, 0.717) is 36.6 Å². The van der Waals surface area contributed by atoms with E-state index < -0.39 is 38.3 Å². The van der Waals surface area contributed by atoms with Crippen molar-refractivity contribution in [1.82, 2.24) is 30.4 Å². The van der Waals surface area contributed by atoms with Crippen LogP contribution in [0.25, 0.3) is 33.2 Å². The molecule has 0 saturated carbocycles. The number of imidazole rings is 1. The second-order valence-corrected chi connectivity index (χ2v) is 18.9. The molecule has 0 bridgehead atoms. The van der Waals surface area contributed by atoms with Gasteiger partial charge in [-0.1, -0.05) is 97.1 Å². The van der Waals surface area contributed by atoms with Crippen molar-refractivity contribution in [2.45, 2.75) is 72.6 Å². The highest BCUT2D eigenvalue weighted by Gasteiger charge is 2.39. The van der Waals surface area contributed by atoms with Crippen molar-refractivity contribution < 1.29 is 37.1 Å². The minimum Gasteiger partial charge on any atom is -0.453 e. The molecule has 4 aromatic carbocycles. The molecule has 1 aromatic heterocycles. The van der Waals surface area contributed by atoms with E-state index in [0.717, 1.165) is 52.4 Å². The van der Waals surface area contributed by atoms with Gasteiger partial charge in [-0.05, 0) is 83.3 Å². The summed E-state index contributed by atoms with van der Waals surface area (Å²) in [7, 11) is -1.63. The number of carbonyl (C=O) groups is 4. The molecule has 0 aliphatic carbocycles. The number of nitrogens with zero attached hydrogens (tertiary/aromatic N) is 3. The SMILES string of the molecule is COC(=O)N[C@H](C(=O)N1CCC[C@H]1c1ncc(-c2ccc3cc(-c4ccc(S(N)(=O)=O)c(NC(I)[C@@H]5CCCN5C(=O)[C@H](NC(=O)OC)c5ccccc5)c4)ccc3c2)[nH]1)C(C)C. The second kappa shape index (κ2) is 19.3. The molecule has 2 aliphatic rings. The van der Waals surface area contributed by atoms with Crippen LogP contribution < -0.4 is 21.1 Å². The summed E-state index contributed by atoms with van der Waals surface area (Å²) in [6.45, 7) is 4.77. The maximum atomic E-state index is 14.1. The number of alkyl carbamates (subject to hydrolysis) is 2. The Kier molecular flexibility index (Phi) is 13.9. The molecule has 6 N–H and O–H groups in total. The number of nitrogens with two attached hydrogens (primary N) is 1. The van der Waals surface area contributed by atoms with Crippen molar-refractivity contribution in [1.29, 1.82) is 0 Å². The van der Waals surface area contributed by atoms with Gasteiger partial charge in [-0.25, -0.2) is 28.1 Å². The number of sulfonamides is 1. The number of ether oxygens (including phenoxy) is 2. The van der Waals surface area contributed by atoms with E-state index in [1.807, 2.05) is 50.2 Å². The molecule has 2 fully saturated rings. The molecule has 5 atom stereocenters. The summed E-state index contributed by atoms with van der Waals surface area (Å²) in [5.41, 5.74) is 4.21. The molecule has 4 amide bonds. The summed E-state index contributed by atoms with van der Waals surface area (Å²) in [5, 5.41) is 16.4. The molecule has 2 saturated heterocycles. The van der Waals surface area contributed by atoms with Gasteiger partial charge in [-0.3, -0.25) is 9.59 Å². The fraction of sp³-hybridized carbons (Fsp3) is 0.356. The number of halogens is 1. The number of rotatable bonds is 13. The van der Waals surface area contributed by atoms with Crippen LogP contribution in [-0.4, -0.2) is 95.6 Å². The van der Waals surface area contributed by atoms with Gasteiger partial charge >= 0.3 is 12.2 Å². The number of methoxy groups -OCH3 is 2. The number of carbonyl (C=O) groups excluding carboxylic acids is 4. The van der Waals surface area contributed by atoms with Crippen LogP contribution in [0.3, 0.4) is 0 Å². The predicted molar refractivity (Wildman–Crippen MR) is 247 cm³/mol. The number of aromatic nitrogens is 2. The first-order chi connectivity index (χ1) is 30.2. The van der Waals surface area contributed by atoms with Gasteiger partial charge in [0.1, 0.15) is 22.8 Å². The lowest BCUT2D eigenvalue weighted by Crippen LogP contribution is -2.51. The largest absolute Gasteiger partial charge is 0.453 e. The van der Waals surface area contributed by atoms with E-state index in [-0.39, 0.29) is 34.7 Å². The van der Waals surface area contributed by atoms with Crippen molar-refractivity contribution in [2.24, 2.45) is 11.1 Å². The van der Waals surface area contributed by atoms with Gasteiger partial charge in [0, 0.05) is 18.7 Å². The average Bonchev–Trinajstić information content (AvgIpc) is 4.08. The van der Waals surface area contributed by atoms with Crippen LogP contribution in [0.1, 0.15) is 63.0 Å². The van der Waals surface area contributed by atoms with Gasteiger partial charge in [0.15, 0.2) is 0 Å². The third-order valence-corrected chi connectivity index (χ3v) is 13.8. The first kappa shape index (κ1) is 45.3. The lowest BCUT2D eigenvalue weighted by molar-refractivity contribution is -0.135. The summed E-state index contributed by atoms with van der Waals surface area (Å²) in [6, 6.07) is 23.6. The lowest BCUT2D eigenvalue weighted by atomic mass is 9.99. The fourth-order valence-electron chi connectivity index (χ4n) is 8.40. The molecule has 3 heterocycles. The number of aromatic amines is 1. The quantitative estimate of drug-likeness (QED) is 0.0470. The molecule has 63 heavy (non-hydrogen) atoms. The second-order valence-electron chi connectivity index (χ2n) is 16.0. The van der Waals surface area contributed by atoms with E-state index in [4.69, 9.17) is 14.6 Å². The van der Waals surface area contributed by atoms with Gasteiger partial charge in [0.25, 0.3) is 0 Å². The smallest absolute Gasteiger partial charge is 0.407 e. The molecular weight excluding hydrogens is 940 g/mol. The zero-order chi connectivity index (χ0) is 45.0. The monoisotopic (exact) mass is 990 g/mol. The molecule has 0 radical (unpaired) electrons. The van der Waals surface area contributed by atoms with Crippen LogP contribution in [0, 0.1) is 5.92 Å². The van der Waals surface area contributed by atoms with Crippen LogP contribution in [0.2, 0.25) is 0 Å². The number of alkyl halides is 1. The van der Waals surface area contributed by atoms with Crippen LogP contribution >= 0.6 is 22.6 Å². The minimum absolute atomic E-state index is 0.0784. The Bertz CT molecular complexity index is 2610. The predicted octanol–water partition coefficient (Wildman–Crippen LogP) is 6.85. The van der Waals surface area contributed by atoms with Crippen LogP contribution in [0.15, 0.2) is 96.0 Å². The number of anilines is 1. The molecule has 0 spiro atoms. The molecule has 2 aliphatic heterocycles. The molecule has 7 rings (SSSR count). The number of nitrogens with one attached hydrogen (secondary N) is 4. The average molecular weight is 991 g/mol. The fourth-order valence-corrected chi connectivity index (χ4v) is 10.2. The number of amides is 4. The molecule has 16 nitrogen and oxygen atoms in total. The number of H-pyrrole nitrogens is 1. The van der Waals surface area contributed by atoms with Crippen LogP contribution in [0.4, 0.5) is 15.3 Å². The Morgan fingerprint density at radius 3 is 2.11 bits per heavy atom. The van der Waals surface area contributed by atoms with Crippen molar-refractivity contribution in [3.63, 3.8) is 0 Å². The summed E-state index contributed by atoms with van der Waals surface area (Å²) in [4.78, 5) is 63.6. The van der Waals surface area contributed by atoms with E-state index in [1.54, 1.807) is 52.4 Å². The number of primary sulfonamides is 1. The Labute approximate surface area is 379 Å². The van der Waals surface area contributed by atoms with E-state index in [9.17, 15) is 27.6 Å². The lowest BCUT2D eigenvalue weighted by Gasteiger charge is -2.33. The molecular formula is C45H51IN8O8S. The first-order valence-electron chi connectivity index (χ1n) is 20.7. The van der Waals surface area contributed by atoms with Gasteiger partial charge in [0.2, 0.25) is 21.8 Å². The Balaban J connectivity index is 1.10. The number of hydrogen-bond donors (Lipinski definition) is 5. The Morgan fingerprint density at radius 2 is 1.43 bits per heavy atom. The highest BCUT2D eigenvalue weighted by atomic mass is 127. The van der Waals surface area contributed by atoms with E-state index in [2.05, 4.69) is 54.6 Å². The summed E-state index contributed by atoms with van der Waals surface area (Å²) >= 11 is 2.19. The Hall–Kier alpha value is -5.73. The maximum absolute atomic E-state index is 14.1. The Morgan fingerprint density at radius 1 is 0.810 bits per heavy atom. The van der Waals surface area contributed by atoms with Crippen molar-refractivity contribution in [3.8, 4) is 22.4 Å². The number of benzene rings is 4. The van der Waals surface area contributed by atoms with E-state index >= 15 is 0 Å². The summed E-state index contributed by atoms with van der Waals surface area (Å²) in [5.74, 6) is 0.0538. The van der Waals surface area contributed by atoms with Crippen molar-refractivity contribution >= 4 is 73.1 Å². The normalized spacial score (nSPS) is 17.9. The standard InChI is InChI=1S/C45H51IN8O8S/c1-26(2)38(51-44(57)61-3)42(55)54-21-9-13-36(54)41-48-25-34(50-41)32-17-16-28-22-29(14-15-30(28)23-32)31-18-19-37(63(47,59)60)33(24-31)49-40(46)35-12-8-20-53(35)43(56)39(52-45(58)62-4)27-10-6-5-7-11-27/h5-7,10-11,14-19,22-26,35-36,38-40,49H,8-9,12-13,20-21H2,1-4H3,(H,48,50)(H,51,57)(H,52,58)(H2,47,59,60)/t35-,36-,38-,39+,40?/m0/s1. The minimum atomic E-state index is -4.14. The van der Waals surface area contributed by atoms with Crippen LogP contribution in [0.5, 0.6) is 0 Å². The topological polar surface area (TPSA) is 218 Å². The van der Waals surface area contributed by atoms with Gasteiger partial charge in [-0.15, -0.1) is 0 Å². The molecule has 1 unspecified atom stereocenters. The number of likely N-dealkylation sites (tertiary alicyclic amines) is 2. The van der Waals surface area contributed by atoms with Gasteiger partial charge in [0.05, 0.1) is 47.9 Å². The highest BCUT2D eigenvalue weighted by Crippen LogP contribution is 2.36. The third kappa shape index (κ3) is 10.1. The molecule has 332 valence electrons. The number of hydrogen-bond acceptors (Lipinski definition) is 10. The molecule has 5 aromatic rings. The van der Waals surface area contributed by atoms with Crippen molar-refractivity contribution in [3.05, 3.63) is 103 Å². The molecule has 18 heteroatoms. The summed E-state index contributed by atoms with van der Waals surface area (Å²) in [6.07, 6.45) is 3.29. The van der Waals surface area contributed by atoms with Crippen LogP contribution in [-0.2, 0) is 29.1 Å². The zero-order valence-electron chi connectivity index (χ0n) is 35.3. The summed E-state index contributed by atoms with van der Waals surface area (Å²) < 4.78 is 34.9. The highest BCUT2D eigenvalue weighted by molar-refractivity contribution is 14.1. The van der Waals surface area contributed by atoms with Gasteiger partial charge < -0.3 is 40.2 Å².